The largest absolute Gasteiger partial charge is 0.493 e. The van der Waals surface area contributed by atoms with Gasteiger partial charge < -0.3 is 10.5 Å². The molecule has 0 amide bonds. The summed E-state index contributed by atoms with van der Waals surface area (Å²) in [6.07, 6.45) is 0.965. The number of methoxy groups -OCH3 is 1. The fourth-order valence-electron chi connectivity index (χ4n) is 2.64. The first-order chi connectivity index (χ1) is 8.17. The van der Waals surface area contributed by atoms with Crippen LogP contribution in [-0.4, -0.2) is 32.1 Å². The zero-order valence-electron chi connectivity index (χ0n) is 10.7. The number of halogens is 2. The summed E-state index contributed by atoms with van der Waals surface area (Å²) in [4.78, 5) is 2.22. The summed E-state index contributed by atoms with van der Waals surface area (Å²) in [5, 5.41) is 0. The van der Waals surface area contributed by atoms with E-state index in [1.165, 1.54) is 13.2 Å². The first kappa shape index (κ1) is 15.4. The molecular weight excluding hydrogens is 299 g/mol. The molecule has 1 aromatic carbocycles. The van der Waals surface area contributed by atoms with E-state index in [2.05, 4.69) is 4.90 Å². The van der Waals surface area contributed by atoms with E-state index in [1.54, 1.807) is 6.07 Å². The number of likely N-dealkylation sites (tertiary alicyclic amines) is 1. The third-order valence-corrected chi connectivity index (χ3v) is 3.53. The Morgan fingerprint density at radius 2 is 2.22 bits per heavy atom. The van der Waals surface area contributed by atoms with Crippen molar-refractivity contribution < 1.29 is 9.13 Å². The van der Waals surface area contributed by atoms with Gasteiger partial charge in [0.25, 0.3) is 0 Å². The van der Waals surface area contributed by atoms with Gasteiger partial charge in [-0.05, 0) is 32.0 Å². The Morgan fingerprint density at radius 3 is 2.78 bits per heavy atom. The highest BCUT2D eigenvalue weighted by Crippen LogP contribution is 2.38. The number of hydrogen-bond acceptors (Lipinski definition) is 3. The highest BCUT2D eigenvalue weighted by atomic mass is 79.9. The van der Waals surface area contributed by atoms with Crippen molar-refractivity contribution in [3.63, 3.8) is 0 Å². The molecule has 0 saturated carbocycles. The maximum absolute atomic E-state index is 13.6. The molecule has 0 radical (unpaired) electrons. The van der Waals surface area contributed by atoms with Gasteiger partial charge in [0.1, 0.15) is 0 Å². The van der Waals surface area contributed by atoms with Crippen molar-refractivity contribution in [3.05, 3.63) is 29.6 Å². The van der Waals surface area contributed by atoms with Crippen molar-refractivity contribution in [3.8, 4) is 5.75 Å². The lowest BCUT2D eigenvalue weighted by atomic mass is 9.99. The van der Waals surface area contributed by atoms with Crippen molar-refractivity contribution in [2.24, 2.45) is 11.7 Å². The number of hydrogen-bond donors (Lipinski definition) is 1. The Hall–Kier alpha value is -0.650. The van der Waals surface area contributed by atoms with Crippen molar-refractivity contribution in [1.29, 1.82) is 0 Å². The Balaban J connectivity index is 0.00000162. The van der Waals surface area contributed by atoms with Crippen LogP contribution in [0, 0.1) is 11.7 Å². The molecule has 0 spiro atoms. The van der Waals surface area contributed by atoms with Crippen LogP contribution in [0.1, 0.15) is 18.0 Å². The lowest BCUT2D eigenvalue weighted by Gasteiger charge is -2.21. The van der Waals surface area contributed by atoms with Gasteiger partial charge in [0.15, 0.2) is 11.6 Å². The smallest absolute Gasteiger partial charge is 0.165 e. The van der Waals surface area contributed by atoms with E-state index in [9.17, 15) is 4.39 Å². The lowest BCUT2D eigenvalue weighted by Crippen LogP contribution is -2.21. The van der Waals surface area contributed by atoms with E-state index in [-0.39, 0.29) is 28.8 Å². The van der Waals surface area contributed by atoms with E-state index in [0.29, 0.717) is 18.2 Å². The predicted octanol–water partition coefficient (Wildman–Crippen LogP) is 2.36. The second-order valence-corrected chi connectivity index (χ2v) is 4.66. The molecule has 5 heteroatoms. The van der Waals surface area contributed by atoms with E-state index in [1.807, 2.05) is 13.1 Å². The second kappa shape index (κ2) is 6.50. The molecule has 1 saturated heterocycles. The lowest BCUT2D eigenvalue weighted by molar-refractivity contribution is 0.298. The minimum absolute atomic E-state index is 0. The van der Waals surface area contributed by atoms with Gasteiger partial charge in [-0.25, -0.2) is 4.39 Å². The number of nitrogens with two attached hydrogens (primary N) is 1. The van der Waals surface area contributed by atoms with Crippen LogP contribution in [0.2, 0.25) is 0 Å². The Bertz CT molecular complexity index is 403. The summed E-state index contributed by atoms with van der Waals surface area (Å²) >= 11 is 0. The van der Waals surface area contributed by atoms with Crippen LogP contribution in [0.15, 0.2) is 18.2 Å². The summed E-state index contributed by atoms with van der Waals surface area (Å²) in [7, 11) is 3.56. The summed E-state index contributed by atoms with van der Waals surface area (Å²) in [5.74, 6) is 0.551. The highest BCUT2D eigenvalue weighted by Gasteiger charge is 2.32. The zero-order chi connectivity index (χ0) is 12.4. The Labute approximate surface area is 118 Å². The fourth-order valence-corrected chi connectivity index (χ4v) is 2.64. The molecule has 102 valence electrons. The summed E-state index contributed by atoms with van der Waals surface area (Å²) in [5.41, 5.74) is 6.63. The SMILES string of the molecule is Br.COc1c(F)cccc1C1CC(CN)CN1C. The van der Waals surface area contributed by atoms with E-state index in [0.717, 1.165) is 18.5 Å². The third kappa shape index (κ3) is 2.84. The van der Waals surface area contributed by atoms with Gasteiger partial charge in [-0.15, -0.1) is 17.0 Å². The molecule has 0 aliphatic carbocycles. The molecular formula is C13H20BrFN2O. The number of ether oxygens (including phenoxy) is 1. The van der Waals surface area contributed by atoms with E-state index >= 15 is 0 Å². The molecule has 2 rings (SSSR count). The number of benzene rings is 1. The molecule has 1 aromatic rings. The van der Waals surface area contributed by atoms with Crippen LogP contribution >= 0.6 is 17.0 Å². The third-order valence-electron chi connectivity index (χ3n) is 3.53. The molecule has 2 N–H and O–H groups in total. The molecule has 18 heavy (non-hydrogen) atoms. The molecule has 2 unspecified atom stereocenters. The van der Waals surface area contributed by atoms with Gasteiger partial charge >= 0.3 is 0 Å². The number of para-hydroxylation sites is 1. The summed E-state index contributed by atoms with van der Waals surface area (Å²) < 4.78 is 18.8. The Kier molecular flexibility index (Phi) is 5.56. The topological polar surface area (TPSA) is 38.5 Å². The minimum Gasteiger partial charge on any atom is -0.493 e. The van der Waals surface area contributed by atoms with Crippen molar-refractivity contribution in [2.45, 2.75) is 12.5 Å². The molecule has 3 nitrogen and oxygen atoms in total. The van der Waals surface area contributed by atoms with Crippen molar-refractivity contribution in [2.75, 3.05) is 27.2 Å². The van der Waals surface area contributed by atoms with Gasteiger partial charge in [0.05, 0.1) is 7.11 Å². The minimum atomic E-state index is -0.297. The second-order valence-electron chi connectivity index (χ2n) is 4.66. The maximum Gasteiger partial charge on any atom is 0.165 e. The standard InChI is InChI=1S/C13H19FN2O.BrH/c1-16-8-9(7-15)6-12(16)10-4-3-5-11(14)13(10)17-2;/h3-5,9,12H,6-8,15H2,1-2H3;1H. The summed E-state index contributed by atoms with van der Waals surface area (Å²) in [6.45, 7) is 1.64. The van der Waals surface area contributed by atoms with E-state index < -0.39 is 0 Å². The predicted molar refractivity (Wildman–Crippen MR) is 75.8 cm³/mol. The number of nitrogens with zero attached hydrogens (tertiary/aromatic N) is 1. The monoisotopic (exact) mass is 318 g/mol. The first-order valence-corrected chi connectivity index (χ1v) is 5.90. The van der Waals surface area contributed by atoms with Crippen molar-refractivity contribution >= 4 is 17.0 Å². The fraction of sp³-hybridized carbons (Fsp3) is 0.538. The van der Waals surface area contributed by atoms with Crippen LogP contribution < -0.4 is 10.5 Å². The van der Waals surface area contributed by atoms with Crippen molar-refractivity contribution in [1.82, 2.24) is 4.90 Å². The average Bonchev–Trinajstić information content (AvgIpc) is 2.70. The van der Waals surface area contributed by atoms with Crippen LogP contribution in [0.3, 0.4) is 0 Å². The molecule has 1 fully saturated rings. The molecule has 1 aliphatic rings. The molecule has 0 aromatic heterocycles. The zero-order valence-corrected chi connectivity index (χ0v) is 12.4. The van der Waals surface area contributed by atoms with Gasteiger partial charge in [-0.1, -0.05) is 12.1 Å². The molecule has 1 heterocycles. The van der Waals surface area contributed by atoms with Gasteiger partial charge in [0.2, 0.25) is 0 Å². The average molecular weight is 319 g/mol. The van der Waals surface area contributed by atoms with Gasteiger partial charge in [-0.2, -0.15) is 0 Å². The first-order valence-electron chi connectivity index (χ1n) is 5.90. The van der Waals surface area contributed by atoms with Gasteiger partial charge in [0, 0.05) is 18.2 Å². The number of rotatable bonds is 3. The van der Waals surface area contributed by atoms with E-state index in [4.69, 9.17) is 10.5 Å². The quantitative estimate of drug-likeness (QED) is 0.929. The van der Waals surface area contributed by atoms with Crippen LogP contribution in [0.5, 0.6) is 5.75 Å². The summed E-state index contributed by atoms with van der Waals surface area (Å²) in [6, 6.07) is 5.30. The highest BCUT2D eigenvalue weighted by molar-refractivity contribution is 8.93. The normalized spacial score (nSPS) is 23.8. The van der Waals surface area contributed by atoms with Crippen LogP contribution in [0.25, 0.3) is 0 Å². The molecule has 2 atom stereocenters. The molecule has 0 bridgehead atoms. The maximum atomic E-state index is 13.6. The van der Waals surface area contributed by atoms with Gasteiger partial charge in [-0.3, -0.25) is 4.90 Å². The van der Waals surface area contributed by atoms with Crippen LogP contribution in [-0.2, 0) is 0 Å². The molecule has 1 aliphatic heterocycles. The Morgan fingerprint density at radius 1 is 1.50 bits per heavy atom. The van der Waals surface area contributed by atoms with Crippen LogP contribution in [0.4, 0.5) is 4.39 Å².